The molecular formula is C27H24N2O3. The number of hydrogen-bond acceptors (Lipinski definition) is 4. The number of carbonyl (C=O) groups is 2. The maximum absolute atomic E-state index is 13.9. The van der Waals surface area contributed by atoms with Crippen LogP contribution in [-0.4, -0.2) is 25.5 Å². The molecule has 2 amide bonds. The number of carbonyl (C=O) groups excluding carboxylic acids is 2. The molecule has 5 heteroatoms. The lowest BCUT2D eigenvalue weighted by molar-refractivity contribution is -0.120. The van der Waals surface area contributed by atoms with E-state index < -0.39 is 0 Å². The molecule has 0 saturated heterocycles. The molecule has 0 bridgehead atoms. The zero-order valence-electron chi connectivity index (χ0n) is 18.2. The van der Waals surface area contributed by atoms with E-state index in [9.17, 15) is 9.59 Å². The first-order valence-electron chi connectivity index (χ1n) is 10.8. The highest BCUT2D eigenvalue weighted by molar-refractivity contribution is 6.46. The largest absolute Gasteiger partial charge is 0.496 e. The molecule has 0 saturated carbocycles. The van der Waals surface area contributed by atoms with Gasteiger partial charge in [-0.05, 0) is 49.1 Å². The number of imide groups is 1. The molecule has 0 aliphatic carbocycles. The topological polar surface area (TPSA) is 49.9 Å². The van der Waals surface area contributed by atoms with Gasteiger partial charge >= 0.3 is 0 Å². The van der Waals surface area contributed by atoms with Crippen LogP contribution in [0, 0.1) is 6.92 Å². The molecule has 5 nitrogen and oxygen atoms in total. The molecule has 3 aromatic rings. The van der Waals surface area contributed by atoms with Gasteiger partial charge in [-0.1, -0.05) is 54.6 Å². The number of benzene rings is 3. The average molecular weight is 425 g/mol. The Morgan fingerprint density at radius 3 is 2.28 bits per heavy atom. The van der Waals surface area contributed by atoms with E-state index in [2.05, 4.69) is 6.07 Å². The summed E-state index contributed by atoms with van der Waals surface area (Å²) in [4.78, 5) is 31.1. The van der Waals surface area contributed by atoms with Crippen LogP contribution in [0.25, 0.3) is 5.57 Å². The number of methoxy groups -OCH3 is 1. The molecule has 0 aromatic heterocycles. The van der Waals surface area contributed by atoms with Crippen LogP contribution in [0.3, 0.4) is 0 Å². The van der Waals surface area contributed by atoms with Crippen LogP contribution < -0.4 is 14.5 Å². The normalized spacial score (nSPS) is 15.9. The van der Waals surface area contributed by atoms with Gasteiger partial charge in [-0.25, -0.2) is 4.90 Å². The SMILES string of the molecule is COc1ccccc1C1=C(N2CCCc3ccccc32)C(=O)N(c2ccccc2C)C1=O. The Kier molecular flexibility index (Phi) is 5.02. The summed E-state index contributed by atoms with van der Waals surface area (Å²) in [7, 11) is 1.58. The molecule has 0 atom stereocenters. The second kappa shape index (κ2) is 8.00. The van der Waals surface area contributed by atoms with E-state index in [4.69, 9.17) is 4.74 Å². The molecule has 0 unspecified atom stereocenters. The van der Waals surface area contributed by atoms with E-state index in [0.717, 1.165) is 24.1 Å². The standard InChI is InChI=1S/C27H24N2O3/c1-18-10-3-6-14-21(18)29-26(30)24(20-13-5-8-16-23(20)32-2)25(27(29)31)28-17-9-12-19-11-4-7-15-22(19)28/h3-8,10-11,13-16H,9,12,17H2,1-2H3. The number of para-hydroxylation sites is 3. The molecule has 3 aromatic carbocycles. The summed E-state index contributed by atoms with van der Waals surface area (Å²) < 4.78 is 5.58. The Hall–Kier alpha value is -3.86. The van der Waals surface area contributed by atoms with Gasteiger partial charge < -0.3 is 9.64 Å². The summed E-state index contributed by atoms with van der Waals surface area (Å²) in [6.07, 6.45) is 1.86. The molecule has 32 heavy (non-hydrogen) atoms. The summed E-state index contributed by atoms with van der Waals surface area (Å²) in [6, 6.07) is 23.0. The minimum Gasteiger partial charge on any atom is -0.496 e. The minimum atomic E-state index is -0.327. The number of fused-ring (bicyclic) bond motifs is 1. The number of hydrogen-bond donors (Lipinski definition) is 0. The van der Waals surface area contributed by atoms with Gasteiger partial charge in [0.15, 0.2) is 0 Å². The smallest absolute Gasteiger partial charge is 0.282 e. The monoisotopic (exact) mass is 424 g/mol. The van der Waals surface area contributed by atoms with Crippen molar-refractivity contribution >= 4 is 28.8 Å². The quantitative estimate of drug-likeness (QED) is 0.568. The summed E-state index contributed by atoms with van der Waals surface area (Å²) in [6.45, 7) is 2.58. The fraction of sp³-hybridized carbons (Fsp3) is 0.185. The van der Waals surface area contributed by atoms with Crippen LogP contribution in [0.2, 0.25) is 0 Å². The second-order valence-electron chi connectivity index (χ2n) is 8.04. The highest BCUT2D eigenvalue weighted by atomic mass is 16.5. The van der Waals surface area contributed by atoms with Crippen molar-refractivity contribution in [1.29, 1.82) is 0 Å². The predicted octanol–water partition coefficient (Wildman–Crippen LogP) is 4.74. The first-order chi connectivity index (χ1) is 15.6. The van der Waals surface area contributed by atoms with Crippen molar-refractivity contribution in [2.75, 3.05) is 23.5 Å². The van der Waals surface area contributed by atoms with E-state index in [1.54, 1.807) is 7.11 Å². The lowest BCUT2D eigenvalue weighted by Gasteiger charge is -2.32. The zero-order valence-corrected chi connectivity index (χ0v) is 18.2. The van der Waals surface area contributed by atoms with E-state index in [1.165, 1.54) is 10.5 Å². The van der Waals surface area contributed by atoms with Crippen LogP contribution in [0.1, 0.15) is 23.1 Å². The van der Waals surface area contributed by atoms with Gasteiger partial charge in [-0.3, -0.25) is 9.59 Å². The lowest BCUT2D eigenvalue weighted by atomic mass is 9.98. The Morgan fingerprint density at radius 1 is 0.812 bits per heavy atom. The second-order valence-corrected chi connectivity index (χ2v) is 8.04. The lowest BCUT2D eigenvalue weighted by Crippen LogP contribution is -2.37. The zero-order chi connectivity index (χ0) is 22.2. The Labute approximate surface area is 187 Å². The Bertz CT molecular complexity index is 1260. The number of anilines is 2. The maximum Gasteiger partial charge on any atom is 0.282 e. The fourth-order valence-electron chi connectivity index (χ4n) is 4.66. The third-order valence-electron chi connectivity index (χ3n) is 6.17. The van der Waals surface area contributed by atoms with Gasteiger partial charge in [0.05, 0.1) is 18.4 Å². The number of aryl methyl sites for hydroxylation is 2. The number of ether oxygens (including phenoxy) is 1. The van der Waals surface area contributed by atoms with Gasteiger partial charge in [0.1, 0.15) is 11.4 Å². The summed E-state index contributed by atoms with van der Waals surface area (Å²) in [5.74, 6) is -0.0631. The molecular weight excluding hydrogens is 400 g/mol. The fourth-order valence-corrected chi connectivity index (χ4v) is 4.66. The predicted molar refractivity (Wildman–Crippen MR) is 126 cm³/mol. The van der Waals surface area contributed by atoms with Gasteiger partial charge in [0.2, 0.25) is 0 Å². The van der Waals surface area contributed by atoms with Gasteiger partial charge in [0, 0.05) is 17.8 Å². The molecule has 0 radical (unpaired) electrons. The first-order valence-corrected chi connectivity index (χ1v) is 10.8. The maximum atomic E-state index is 13.9. The van der Waals surface area contributed by atoms with Gasteiger partial charge in [-0.15, -0.1) is 0 Å². The van der Waals surface area contributed by atoms with Crippen LogP contribution in [-0.2, 0) is 16.0 Å². The first kappa shape index (κ1) is 20.1. The van der Waals surface area contributed by atoms with Crippen molar-refractivity contribution in [3.05, 3.63) is 95.2 Å². The summed E-state index contributed by atoms with van der Waals surface area (Å²) in [5.41, 5.74) is 5.06. The van der Waals surface area contributed by atoms with E-state index in [1.807, 2.05) is 78.6 Å². The third-order valence-corrected chi connectivity index (χ3v) is 6.17. The molecule has 160 valence electrons. The molecule has 0 N–H and O–H groups in total. The average Bonchev–Trinajstić information content (AvgIpc) is 3.08. The molecule has 0 fully saturated rings. The Morgan fingerprint density at radius 2 is 1.50 bits per heavy atom. The van der Waals surface area contributed by atoms with E-state index in [-0.39, 0.29) is 11.8 Å². The number of rotatable bonds is 4. The van der Waals surface area contributed by atoms with Crippen LogP contribution in [0.15, 0.2) is 78.5 Å². The highest BCUT2D eigenvalue weighted by Gasteiger charge is 2.44. The highest BCUT2D eigenvalue weighted by Crippen LogP contribution is 2.42. The minimum absolute atomic E-state index is 0.304. The molecule has 2 heterocycles. The molecule has 2 aliphatic heterocycles. The van der Waals surface area contributed by atoms with Crippen molar-refractivity contribution in [2.24, 2.45) is 0 Å². The van der Waals surface area contributed by atoms with E-state index in [0.29, 0.717) is 34.8 Å². The van der Waals surface area contributed by atoms with Gasteiger partial charge in [-0.2, -0.15) is 0 Å². The number of nitrogens with zero attached hydrogens (tertiary/aromatic N) is 2. The number of amides is 2. The van der Waals surface area contributed by atoms with Crippen LogP contribution >= 0.6 is 0 Å². The summed E-state index contributed by atoms with van der Waals surface area (Å²) in [5, 5.41) is 0. The molecule has 0 spiro atoms. The van der Waals surface area contributed by atoms with Crippen molar-refractivity contribution in [3.63, 3.8) is 0 Å². The van der Waals surface area contributed by atoms with Crippen molar-refractivity contribution < 1.29 is 14.3 Å². The van der Waals surface area contributed by atoms with E-state index >= 15 is 0 Å². The summed E-state index contributed by atoms with van der Waals surface area (Å²) >= 11 is 0. The Balaban J connectivity index is 1.75. The van der Waals surface area contributed by atoms with Crippen LogP contribution in [0.4, 0.5) is 11.4 Å². The van der Waals surface area contributed by atoms with Crippen LogP contribution in [0.5, 0.6) is 5.75 Å². The molecule has 2 aliphatic rings. The van der Waals surface area contributed by atoms with Crippen molar-refractivity contribution in [3.8, 4) is 5.75 Å². The van der Waals surface area contributed by atoms with Crippen molar-refractivity contribution in [2.45, 2.75) is 19.8 Å². The third kappa shape index (κ3) is 3.09. The molecule has 5 rings (SSSR count). The van der Waals surface area contributed by atoms with Crippen molar-refractivity contribution in [1.82, 2.24) is 0 Å². The van der Waals surface area contributed by atoms with Gasteiger partial charge in [0.25, 0.3) is 11.8 Å².